The number of ether oxygens (including phenoxy) is 1. The average Bonchev–Trinajstić information content (AvgIpc) is 3.32. The molecule has 0 saturated carbocycles. The number of nitrogens with one attached hydrogen (secondary N) is 2. The zero-order valence-electron chi connectivity index (χ0n) is 20.1. The normalized spacial score (nSPS) is 12.5. The first-order chi connectivity index (χ1) is 17.3. The molecule has 36 heavy (non-hydrogen) atoms. The van der Waals surface area contributed by atoms with Gasteiger partial charge in [-0.05, 0) is 42.3 Å². The van der Waals surface area contributed by atoms with E-state index in [-0.39, 0.29) is 10.7 Å². The van der Waals surface area contributed by atoms with E-state index in [4.69, 9.17) is 20.9 Å². The Labute approximate surface area is 215 Å². The molecule has 0 aliphatic carbocycles. The third kappa shape index (κ3) is 5.90. The Hall–Kier alpha value is -3.31. The minimum atomic E-state index is -3.81. The fraction of sp³-hybridized carbons (Fsp3) is 0.231. The van der Waals surface area contributed by atoms with Gasteiger partial charge in [0.05, 0.1) is 33.4 Å². The van der Waals surface area contributed by atoms with Crippen LogP contribution in [0.15, 0.2) is 77.7 Å². The Bertz CT molecular complexity index is 1450. The van der Waals surface area contributed by atoms with E-state index in [1.54, 1.807) is 43.5 Å². The lowest BCUT2D eigenvalue weighted by molar-refractivity contribution is 0.206. The zero-order chi connectivity index (χ0) is 25.7. The van der Waals surface area contributed by atoms with E-state index in [0.717, 1.165) is 21.5 Å². The van der Waals surface area contributed by atoms with Gasteiger partial charge in [-0.15, -0.1) is 11.3 Å². The average molecular weight is 524 g/mol. The van der Waals surface area contributed by atoms with Crippen LogP contribution in [0.2, 0.25) is 0 Å². The number of anilines is 1. The van der Waals surface area contributed by atoms with Crippen LogP contribution in [-0.2, 0) is 21.2 Å². The molecule has 188 valence electrons. The number of aromatic nitrogens is 1. The molecule has 0 spiro atoms. The van der Waals surface area contributed by atoms with Gasteiger partial charge in [-0.25, -0.2) is 18.1 Å². The monoisotopic (exact) mass is 523 g/mol. The van der Waals surface area contributed by atoms with Gasteiger partial charge in [0.15, 0.2) is 0 Å². The molecule has 4 aromatic rings. The van der Waals surface area contributed by atoms with Crippen LogP contribution in [0.5, 0.6) is 0 Å². The summed E-state index contributed by atoms with van der Waals surface area (Å²) in [4.78, 5) is 7.13. The lowest BCUT2D eigenvalue weighted by Crippen LogP contribution is -2.30. The Balaban J connectivity index is 1.75. The number of hydrogen-bond donors (Lipinski definition) is 3. The standard InChI is InChI=1S/C26H29N5O3S2/c1-31(14-15-34-2)23-13-7-12-21-24(23)35-26(29-21)22(17-18-8-6-9-19(16-18)25(27)28)30-36(32,33)20-10-4-3-5-11-20/h3-13,16,22,30H,14-15,17H2,1-2H3,(H3,27,28). The first-order valence-corrected chi connectivity index (χ1v) is 13.7. The number of sulfonamides is 1. The number of fused-ring (bicyclic) bond motifs is 1. The van der Waals surface area contributed by atoms with Crippen LogP contribution in [-0.4, -0.2) is 46.5 Å². The lowest BCUT2D eigenvalue weighted by atomic mass is 10.0. The number of nitrogens with zero attached hydrogens (tertiary/aromatic N) is 2. The smallest absolute Gasteiger partial charge is 0.241 e. The quantitative estimate of drug-likeness (QED) is 0.202. The van der Waals surface area contributed by atoms with Gasteiger partial charge in [0, 0.05) is 26.3 Å². The molecule has 0 saturated heterocycles. The maximum Gasteiger partial charge on any atom is 0.241 e. The molecule has 0 aliphatic heterocycles. The van der Waals surface area contributed by atoms with Gasteiger partial charge in [-0.2, -0.15) is 0 Å². The van der Waals surface area contributed by atoms with Gasteiger partial charge in [-0.1, -0.05) is 42.5 Å². The number of benzene rings is 3. The van der Waals surface area contributed by atoms with Gasteiger partial charge < -0.3 is 15.4 Å². The van der Waals surface area contributed by atoms with Crippen molar-refractivity contribution < 1.29 is 13.2 Å². The molecule has 1 aromatic heterocycles. The van der Waals surface area contributed by atoms with Gasteiger partial charge >= 0.3 is 0 Å². The third-order valence-electron chi connectivity index (χ3n) is 5.78. The minimum absolute atomic E-state index is 0.0398. The van der Waals surface area contributed by atoms with Gasteiger partial charge in [-0.3, -0.25) is 5.41 Å². The number of thiazole rings is 1. The molecule has 4 N–H and O–H groups in total. The number of nitrogen functional groups attached to an aromatic ring is 1. The van der Waals surface area contributed by atoms with Gasteiger partial charge in [0.1, 0.15) is 10.8 Å². The molecule has 0 aliphatic rings. The van der Waals surface area contributed by atoms with Crippen LogP contribution >= 0.6 is 11.3 Å². The maximum atomic E-state index is 13.3. The molecule has 1 unspecified atom stereocenters. The summed E-state index contributed by atoms with van der Waals surface area (Å²) in [6, 6.07) is 20.9. The Morgan fingerprint density at radius 1 is 1.14 bits per heavy atom. The summed E-state index contributed by atoms with van der Waals surface area (Å²) in [5.74, 6) is -0.0398. The highest BCUT2D eigenvalue weighted by atomic mass is 32.2. The summed E-state index contributed by atoms with van der Waals surface area (Å²) in [5, 5.41) is 8.42. The van der Waals surface area contributed by atoms with E-state index < -0.39 is 16.1 Å². The molecule has 10 heteroatoms. The molecule has 8 nitrogen and oxygen atoms in total. The summed E-state index contributed by atoms with van der Waals surface area (Å²) in [6.45, 7) is 1.30. The van der Waals surface area contributed by atoms with Crippen molar-refractivity contribution in [2.24, 2.45) is 5.73 Å². The molecular formula is C26H29N5O3S2. The first kappa shape index (κ1) is 25.8. The molecular weight excluding hydrogens is 494 g/mol. The van der Waals surface area contributed by atoms with Crippen molar-refractivity contribution in [1.29, 1.82) is 5.41 Å². The van der Waals surface area contributed by atoms with E-state index in [2.05, 4.69) is 9.62 Å². The van der Waals surface area contributed by atoms with Gasteiger partial charge in [0.25, 0.3) is 0 Å². The highest BCUT2D eigenvalue weighted by molar-refractivity contribution is 7.89. The van der Waals surface area contributed by atoms with Crippen molar-refractivity contribution in [1.82, 2.24) is 9.71 Å². The van der Waals surface area contributed by atoms with Crippen LogP contribution in [0.3, 0.4) is 0 Å². The summed E-state index contributed by atoms with van der Waals surface area (Å²) in [6.07, 6.45) is 0.349. The predicted octanol–water partition coefficient (Wildman–Crippen LogP) is 3.93. The molecule has 4 rings (SSSR count). The molecule has 0 amide bonds. The maximum absolute atomic E-state index is 13.3. The van der Waals surface area contributed by atoms with Crippen molar-refractivity contribution in [2.75, 3.05) is 32.2 Å². The van der Waals surface area contributed by atoms with E-state index in [1.165, 1.54) is 11.3 Å². The first-order valence-electron chi connectivity index (χ1n) is 11.4. The van der Waals surface area contributed by atoms with Crippen LogP contribution in [0.25, 0.3) is 10.2 Å². The predicted molar refractivity (Wildman–Crippen MR) is 145 cm³/mol. The Morgan fingerprint density at radius 2 is 1.89 bits per heavy atom. The van der Waals surface area contributed by atoms with Crippen LogP contribution in [0, 0.1) is 5.41 Å². The SMILES string of the molecule is COCCN(C)c1cccc2nc(C(Cc3cccc(C(=N)N)c3)NS(=O)(=O)c3ccccc3)sc12. The fourth-order valence-electron chi connectivity index (χ4n) is 3.89. The molecule has 3 aromatic carbocycles. The highest BCUT2D eigenvalue weighted by Gasteiger charge is 2.25. The second-order valence-electron chi connectivity index (χ2n) is 8.40. The fourth-order valence-corrected chi connectivity index (χ4v) is 6.37. The highest BCUT2D eigenvalue weighted by Crippen LogP contribution is 2.35. The number of rotatable bonds is 11. The molecule has 0 radical (unpaired) electrons. The van der Waals surface area contributed by atoms with Crippen LogP contribution in [0.4, 0.5) is 5.69 Å². The summed E-state index contributed by atoms with van der Waals surface area (Å²) < 4.78 is 35.6. The third-order valence-corrected chi connectivity index (χ3v) is 8.47. The van der Waals surface area contributed by atoms with Crippen molar-refractivity contribution in [3.05, 3.63) is 88.9 Å². The number of amidine groups is 1. The molecule has 0 bridgehead atoms. The van der Waals surface area contributed by atoms with E-state index >= 15 is 0 Å². The molecule has 0 fully saturated rings. The largest absolute Gasteiger partial charge is 0.384 e. The topological polar surface area (TPSA) is 121 Å². The minimum Gasteiger partial charge on any atom is -0.384 e. The van der Waals surface area contributed by atoms with Crippen molar-refractivity contribution in [2.45, 2.75) is 17.4 Å². The summed E-state index contributed by atoms with van der Waals surface area (Å²) in [7, 11) is -0.141. The van der Waals surface area contributed by atoms with E-state index in [1.807, 2.05) is 43.4 Å². The summed E-state index contributed by atoms with van der Waals surface area (Å²) in [5.41, 5.74) is 8.93. The van der Waals surface area contributed by atoms with Crippen molar-refractivity contribution in [3.63, 3.8) is 0 Å². The molecule has 1 heterocycles. The number of likely N-dealkylation sites (N-methyl/N-ethyl adjacent to an activating group) is 1. The van der Waals surface area contributed by atoms with Crippen molar-refractivity contribution in [3.8, 4) is 0 Å². The summed E-state index contributed by atoms with van der Waals surface area (Å²) >= 11 is 1.47. The van der Waals surface area contributed by atoms with Crippen LogP contribution < -0.4 is 15.4 Å². The Morgan fingerprint density at radius 3 is 2.61 bits per heavy atom. The number of methoxy groups -OCH3 is 1. The van der Waals surface area contributed by atoms with Crippen molar-refractivity contribution >= 4 is 43.1 Å². The van der Waals surface area contributed by atoms with Crippen LogP contribution in [0.1, 0.15) is 22.2 Å². The zero-order valence-corrected chi connectivity index (χ0v) is 21.8. The second-order valence-corrected chi connectivity index (χ2v) is 11.1. The van der Waals surface area contributed by atoms with E-state index in [9.17, 15) is 8.42 Å². The molecule has 1 atom stereocenters. The van der Waals surface area contributed by atoms with Gasteiger partial charge in [0.2, 0.25) is 10.0 Å². The number of hydrogen-bond acceptors (Lipinski definition) is 7. The number of nitrogens with two attached hydrogens (primary N) is 1. The lowest BCUT2D eigenvalue weighted by Gasteiger charge is -2.19. The second kappa shape index (κ2) is 11.2. The van der Waals surface area contributed by atoms with E-state index in [0.29, 0.717) is 30.1 Å². The Kier molecular flexibility index (Phi) is 8.00.